The Balaban J connectivity index is 1.89. The second-order valence-electron chi connectivity index (χ2n) is 4.77. The molecule has 2 nitrogen and oxygen atoms in total. The Hall–Kier alpha value is 0.270. The maximum absolute atomic E-state index is 5.94. The molecule has 0 amide bonds. The van der Waals surface area contributed by atoms with Crippen LogP contribution in [0.4, 0.5) is 0 Å². The van der Waals surface area contributed by atoms with Gasteiger partial charge >= 0.3 is 0 Å². The van der Waals surface area contributed by atoms with E-state index in [1.54, 1.807) is 0 Å². The highest BCUT2D eigenvalue weighted by Gasteiger charge is 2.33. The summed E-state index contributed by atoms with van der Waals surface area (Å²) in [7, 11) is 0. The van der Waals surface area contributed by atoms with E-state index >= 15 is 0 Å². The summed E-state index contributed by atoms with van der Waals surface area (Å²) in [6.07, 6.45) is 8.17. The molecule has 2 aliphatic rings. The van der Waals surface area contributed by atoms with Crippen LogP contribution >= 0.6 is 11.8 Å². The molecule has 1 unspecified atom stereocenters. The van der Waals surface area contributed by atoms with Crippen molar-refractivity contribution in [3.05, 3.63) is 0 Å². The van der Waals surface area contributed by atoms with Gasteiger partial charge in [-0.25, -0.2) is 0 Å². The van der Waals surface area contributed by atoms with Crippen LogP contribution in [0.3, 0.4) is 0 Å². The third-order valence-electron chi connectivity index (χ3n) is 3.58. The van der Waals surface area contributed by atoms with E-state index in [1.165, 1.54) is 50.0 Å². The summed E-state index contributed by atoms with van der Waals surface area (Å²) < 4.78 is 0. The molecule has 0 aromatic carbocycles. The van der Waals surface area contributed by atoms with Crippen molar-refractivity contribution in [1.82, 2.24) is 5.32 Å². The molecular weight excluding hydrogens is 192 g/mol. The summed E-state index contributed by atoms with van der Waals surface area (Å²) in [5.74, 6) is 2.55. The van der Waals surface area contributed by atoms with E-state index in [9.17, 15) is 0 Å². The number of hydrogen-bond donors (Lipinski definition) is 2. The largest absolute Gasteiger partial charge is 0.329 e. The Morgan fingerprint density at radius 2 is 2.07 bits per heavy atom. The average Bonchev–Trinajstić information content (AvgIpc) is 2.72. The minimum atomic E-state index is 0.276. The lowest BCUT2D eigenvalue weighted by Crippen LogP contribution is -2.57. The fourth-order valence-electron chi connectivity index (χ4n) is 2.69. The first-order valence-electron chi connectivity index (χ1n) is 5.90. The average molecular weight is 214 g/mol. The minimum absolute atomic E-state index is 0.276. The Kier molecular flexibility index (Phi) is 3.74. The van der Waals surface area contributed by atoms with E-state index in [1.807, 2.05) is 0 Å². The van der Waals surface area contributed by atoms with Crippen molar-refractivity contribution in [2.75, 3.05) is 18.1 Å². The van der Waals surface area contributed by atoms with E-state index in [0.717, 1.165) is 12.6 Å². The number of thioether (sulfide) groups is 1. The van der Waals surface area contributed by atoms with Crippen LogP contribution in [0.2, 0.25) is 0 Å². The lowest BCUT2D eigenvalue weighted by atomic mass is 9.94. The molecule has 82 valence electrons. The van der Waals surface area contributed by atoms with Gasteiger partial charge in [-0.3, -0.25) is 0 Å². The molecule has 0 aromatic rings. The topological polar surface area (TPSA) is 38.0 Å². The molecule has 2 rings (SSSR count). The zero-order valence-electron chi connectivity index (χ0n) is 8.93. The lowest BCUT2D eigenvalue weighted by Gasteiger charge is -2.39. The first-order valence-corrected chi connectivity index (χ1v) is 7.06. The molecule has 0 aromatic heterocycles. The van der Waals surface area contributed by atoms with Crippen LogP contribution in [0, 0.1) is 0 Å². The van der Waals surface area contributed by atoms with Crippen molar-refractivity contribution >= 4 is 11.8 Å². The molecule has 1 aliphatic heterocycles. The van der Waals surface area contributed by atoms with E-state index < -0.39 is 0 Å². The minimum Gasteiger partial charge on any atom is -0.329 e. The molecule has 0 bridgehead atoms. The van der Waals surface area contributed by atoms with E-state index in [-0.39, 0.29) is 5.54 Å². The smallest absolute Gasteiger partial charge is 0.0397 e. The third kappa shape index (κ3) is 2.44. The van der Waals surface area contributed by atoms with Crippen molar-refractivity contribution in [2.45, 2.75) is 50.1 Å². The second kappa shape index (κ2) is 4.86. The standard InChI is InChI=1S/C11H22N2S/c12-8-11(6-3-7-14-9-11)13-10-4-1-2-5-10/h10,13H,1-9,12H2. The van der Waals surface area contributed by atoms with Gasteiger partial charge in [0.05, 0.1) is 0 Å². The van der Waals surface area contributed by atoms with Gasteiger partial charge in [-0.15, -0.1) is 0 Å². The number of nitrogens with one attached hydrogen (secondary N) is 1. The predicted octanol–water partition coefficient (Wildman–Crippen LogP) is 1.74. The second-order valence-corrected chi connectivity index (χ2v) is 5.87. The molecule has 0 radical (unpaired) electrons. The molecule has 14 heavy (non-hydrogen) atoms. The summed E-state index contributed by atoms with van der Waals surface area (Å²) in [6, 6.07) is 0.761. The molecule has 3 heteroatoms. The number of hydrogen-bond acceptors (Lipinski definition) is 3. The Morgan fingerprint density at radius 3 is 2.64 bits per heavy atom. The Bertz CT molecular complexity index is 172. The van der Waals surface area contributed by atoms with Crippen LogP contribution < -0.4 is 11.1 Å². The zero-order valence-corrected chi connectivity index (χ0v) is 9.74. The summed E-state index contributed by atoms with van der Waals surface area (Å²) >= 11 is 2.07. The van der Waals surface area contributed by atoms with Gasteiger partial charge in [0.15, 0.2) is 0 Å². The van der Waals surface area contributed by atoms with E-state index in [0.29, 0.717) is 0 Å². The van der Waals surface area contributed by atoms with E-state index in [2.05, 4.69) is 17.1 Å². The predicted molar refractivity (Wildman–Crippen MR) is 63.7 cm³/mol. The highest BCUT2D eigenvalue weighted by Crippen LogP contribution is 2.29. The maximum Gasteiger partial charge on any atom is 0.0397 e. The zero-order chi connectivity index (χ0) is 9.86. The molecular formula is C11H22N2S. The summed E-state index contributed by atoms with van der Waals surface area (Å²) in [5, 5.41) is 3.84. The van der Waals surface area contributed by atoms with Crippen molar-refractivity contribution in [1.29, 1.82) is 0 Å². The van der Waals surface area contributed by atoms with Crippen molar-refractivity contribution < 1.29 is 0 Å². The summed E-state index contributed by atoms with van der Waals surface area (Å²) in [5.41, 5.74) is 6.22. The van der Waals surface area contributed by atoms with Gasteiger partial charge < -0.3 is 11.1 Å². The Morgan fingerprint density at radius 1 is 1.29 bits per heavy atom. The molecule has 0 spiro atoms. The van der Waals surface area contributed by atoms with Gasteiger partial charge in [-0.1, -0.05) is 12.8 Å². The fourth-order valence-corrected chi connectivity index (χ4v) is 3.92. The monoisotopic (exact) mass is 214 g/mol. The molecule has 1 aliphatic carbocycles. The van der Waals surface area contributed by atoms with Crippen LogP contribution in [0.15, 0.2) is 0 Å². The molecule has 1 atom stereocenters. The van der Waals surface area contributed by atoms with Crippen LogP contribution in [0.1, 0.15) is 38.5 Å². The van der Waals surface area contributed by atoms with Crippen molar-refractivity contribution in [2.24, 2.45) is 5.73 Å². The first kappa shape index (κ1) is 10.8. The SMILES string of the molecule is NCC1(NC2CCCC2)CCCSC1. The normalized spacial score (nSPS) is 34.9. The third-order valence-corrected chi connectivity index (χ3v) is 4.91. The molecule has 1 saturated carbocycles. The molecule has 3 N–H and O–H groups in total. The highest BCUT2D eigenvalue weighted by molar-refractivity contribution is 7.99. The molecule has 1 saturated heterocycles. The van der Waals surface area contributed by atoms with Gasteiger partial charge in [0.25, 0.3) is 0 Å². The van der Waals surface area contributed by atoms with Crippen LogP contribution in [-0.4, -0.2) is 29.6 Å². The first-order chi connectivity index (χ1) is 6.85. The van der Waals surface area contributed by atoms with E-state index in [4.69, 9.17) is 5.73 Å². The Labute approximate surface area is 91.4 Å². The number of rotatable bonds is 3. The van der Waals surface area contributed by atoms with Gasteiger partial charge in [-0.05, 0) is 31.4 Å². The van der Waals surface area contributed by atoms with Crippen LogP contribution in [0.25, 0.3) is 0 Å². The van der Waals surface area contributed by atoms with Gasteiger partial charge in [0.2, 0.25) is 0 Å². The highest BCUT2D eigenvalue weighted by atomic mass is 32.2. The summed E-state index contributed by atoms with van der Waals surface area (Å²) in [6.45, 7) is 0.816. The number of nitrogens with two attached hydrogens (primary N) is 1. The van der Waals surface area contributed by atoms with Crippen LogP contribution in [0.5, 0.6) is 0 Å². The van der Waals surface area contributed by atoms with Crippen molar-refractivity contribution in [3.63, 3.8) is 0 Å². The van der Waals surface area contributed by atoms with Gasteiger partial charge in [-0.2, -0.15) is 11.8 Å². The van der Waals surface area contributed by atoms with Crippen molar-refractivity contribution in [3.8, 4) is 0 Å². The lowest BCUT2D eigenvalue weighted by molar-refractivity contribution is 0.296. The quantitative estimate of drug-likeness (QED) is 0.751. The summed E-state index contributed by atoms with van der Waals surface area (Å²) in [4.78, 5) is 0. The fraction of sp³-hybridized carbons (Fsp3) is 1.00. The van der Waals surface area contributed by atoms with Crippen LogP contribution in [-0.2, 0) is 0 Å². The molecule has 2 fully saturated rings. The maximum atomic E-state index is 5.94. The van der Waals surface area contributed by atoms with Gasteiger partial charge in [0, 0.05) is 23.9 Å². The van der Waals surface area contributed by atoms with Gasteiger partial charge in [0.1, 0.15) is 0 Å². The molecule has 1 heterocycles.